The van der Waals surface area contributed by atoms with Gasteiger partial charge >= 0.3 is 0 Å². The fraction of sp³-hybridized carbons (Fsp3) is 0.316. The Labute approximate surface area is 169 Å². The molecule has 0 radical (unpaired) electrons. The third-order valence-electron chi connectivity index (χ3n) is 4.62. The van der Waals surface area contributed by atoms with Crippen molar-refractivity contribution >= 4 is 39.2 Å². The molecule has 0 saturated carbocycles. The summed E-state index contributed by atoms with van der Waals surface area (Å²) >= 11 is 12.4. The van der Waals surface area contributed by atoms with Crippen LogP contribution in [0.2, 0.25) is 10.0 Å². The maximum atomic E-state index is 13.0. The van der Waals surface area contributed by atoms with Gasteiger partial charge < -0.3 is 4.90 Å². The van der Waals surface area contributed by atoms with Crippen LogP contribution in [0.25, 0.3) is 0 Å². The van der Waals surface area contributed by atoms with E-state index in [4.69, 9.17) is 27.4 Å². The van der Waals surface area contributed by atoms with Gasteiger partial charge in [0, 0.05) is 10.0 Å². The van der Waals surface area contributed by atoms with E-state index in [9.17, 15) is 13.2 Å². The summed E-state index contributed by atoms with van der Waals surface area (Å²) in [5.74, 6) is -0.200. The van der Waals surface area contributed by atoms with Gasteiger partial charge in [0.15, 0.2) is 0 Å². The number of halogens is 2. The number of hydrogen-bond acceptors (Lipinski definition) is 4. The predicted octanol–water partition coefficient (Wildman–Crippen LogP) is 4.16. The van der Waals surface area contributed by atoms with Crippen LogP contribution in [-0.4, -0.2) is 32.0 Å². The lowest BCUT2D eigenvalue weighted by Crippen LogP contribution is -2.42. The highest BCUT2D eigenvalue weighted by molar-refractivity contribution is 7.86. The lowest BCUT2D eigenvalue weighted by atomic mass is 9.91. The molecule has 1 amide bonds. The maximum absolute atomic E-state index is 13.0. The van der Waals surface area contributed by atoms with Crippen molar-refractivity contribution in [3.05, 3.63) is 69.2 Å². The van der Waals surface area contributed by atoms with E-state index < -0.39 is 16.2 Å². The lowest BCUT2D eigenvalue weighted by molar-refractivity contribution is -0.134. The molecule has 8 heteroatoms. The molecule has 0 fully saturated rings. The van der Waals surface area contributed by atoms with Crippen LogP contribution in [0.1, 0.15) is 35.8 Å². The third-order valence-corrected chi connectivity index (χ3v) is 5.91. The molecule has 0 aliphatic carbocycles. The Hall–Kier alpha value is -1.60. The molecule has 1 aliphatic rings. The first-order valence-electron chi connectivity index (χ1n) is 8.37. The van der Waals surface area contributed by atoms with Crippen molar-refractivity contribution in [1.29, 1.82) is 0 Å². The predicted molar refractivity (Wildman–Crippen MR) is 105 cm³/mol. The molecule has 2 atom stereocenters. The molecular weight excluding hydrogens is 409 g/mol. The topological polar surface area (TPSA) is 63.7 Å². The average molecular weight is 428 g/mol. The van der Waals surface area contributed by atoms with E-state index in [2.05, 4.69) is 0 Å². The Balaban J connectivity index is 1.93. The summed E-state index contributed by atoms with van der Waals surface area (Å²) in [5, 5.41) is 0.842. The smallest absolute Gasteiger partial charge is 0.265 e. The van der Waals surface area contributed by atoms with Gasteiger partial charge in [-0.2, -0.15) is 8.42 Å². The molecule has 1 aliphatic heterocycles. The van der Waals surface area contributed by atoms with E-state index >= 15 is 0 Å². The van der Waals surface area contributed by atoms with Crippen LogP contribution in [-0.2, 0) is 25.5 Å². The number of hydrogen-bond donors (Lipinski definition) is 0. The number of carbonyl (C=O) groups is 1. The van der Waals surface area contributed by atoms with Gasteiger partial charge in [0.2, 0.25) is 5.91 Å². The summed E-state index contributed by atoms with van der Waals surface area (Å²) < 4.78 is 28.6. The standard InChI is InChI=1S/C19H19Cl2NO4S/c1-12-13-6-3-4-7-14(13)18(26-27(2,24)25)11-22(12)19(23)10-15-16(20)8-5-9-17(15)21/h3-9,12,18H,10-11H2,1-2H3. The first-order chi connectivity index (χ1) is 12.7. The monoisotopic (exact) mass is 427 g/mol. The van der Waals surface area contributed by atoms with E-state index in [1.807, 2.05) is 31.2 Å². The normalized spacial score (nSPS) is 19.6. The van der Waals surface area contributed by atoms with Crippen LogP contribution in [0.3, 0.4) is 0 Å². The highest BCUT2D eigenvalue weighted by atomic mass is 35.5. The second kappa shape index (κ2) is 7.80. The zero-order chi connectivity index (χ0) is 19.8. The van der Waals surface area contributed by atoms with Crippen molar-refractivity contribution in [1.82, 2.24) is 4.90 Å². The van der Waals surface area contributed by atoms with Gasteiger partial charge in [0.25, 0.3) is 10.1 Å². The molecule has 2 aromatic carbocycles. The summed E-state index contributed by atoms with van der Waals surface area (Å²) in [6.45, 7) is 2.04. The molecule has 144 valence electrons. The molecule has 27 heavy (non-hydrogen) atoms. The molecule has 3 rings (SSSR count). The van der Waals surface area contributed by atoms with E-state index in [-0.39, 0.29) is 24.9 Å². The Kier molecular flexibility index (Phi) is 5.82. The van der Waals surface area contributed by atoms with Crippen LogP contribution in [0.15, 0.2) is 42.5 Å². The van der Waals surface area contributed by atoms with E-state index in [1.165, 1.54) is 0 Å². The maximum Gasteiger partial charge on any atom is 0.265 e. The van der Waals surface area contributed by atoms with Gasteiger partial charge in [0.1, 0.15) is 6.10 Å². The van der Waals surface area contributed by atoms with Crippen molar-refractivity contribution in [3.63, 3.8) is 0 Å². The fourth-order valence-electron chi connectivity index (χ4n) is 3.35. The molecule has 0 N–H and O–H groups in total. The molecule has 0 aromatic heterocycles. The Morgan fingerprint density at radius 3 is 2.30 bits per heavy atom. The molecular formula is C19H19Cl2NO4S. The van der Waals surface area contributed by atoms with Crippen LogP contribution < -0.4 is 0 Å². The summed E-state index contributed by atoms with van der Waals surface area (Å²) in [5.41, 5.74) is 2.18. The third kappa shape index (κ3) is 4.46. The van der Waals surface area contributed by atoms with Crippen LogP contribution in [0.5, 0.6) is 0 Å². The number of nitrogens with zero attached hydrogens (tertiary/aromatic N) is 1. The summed E-state index contributed by atoms with van der Waals surface area (Å²) in [6, 6.07) is 12.2. The highest BCUT2D eigenvalue weighted by Crippen LogP contribution is 2.37. The highest BCUT2D eigenvalue weighted by Gasteiger charge is 2.35. The molecule has 1 heterocycles. The van der Waals surface area contributed by atoms with Crippen molar-refractivity contribution in [2.75, 3.05) is 12.8 Å². The minimum absolute atomic E-state index is 0.0244. The summed E-state index contributed by atoms with van der Waals surface area (Å²) in [7, 11) is -3.69. The average Bonchev–Trinajstić information content (AvgIpc) is 2.59. The van der Waals surface area contributed by atoms with E-state index in [1.54, 1.807) is 23.1 Å². The van der Waals surface area contributed by atoms with Crippen molar-refractivity contribution < 1.29 is 17.4 Å². The van der Waals surface area contributed by atoms with Crippen molar-refractivity contribution in [3.8, 4) is 0 Å². The minimum Gasteiger partial charge on any atom is -0.333 e. The van der Waals surface area contributed by atoms with E-state index in [0.29, 0.717) is 15.6 Å². The molecule has 0 bridgehead atoms. The summed E-state index contributed by atoms with van der Waals surface area (Å²) in [4.78, 5) is 14.6. The van der Waals surface area contributed by atoms with Gasteiger partial charge in [-0.3, -0.25) is 8.98 Å². The number of benzene rings is 2. The molecule has 2 aromatic rings. The van der Waals surface area contributed by atoms with Crippen LogP contribution in [0.4, 0.5) is 0 Å². The molecule has 0 spiro atoms. The van der Waals surface area contributed by atoms with Crippen molar-refractivity contribution in [2.24, 2.45) is 0 Å². The second-order valence-electron chi connectivity index (χ2n) is 6.52. The quantitative estimate of drug-likeness (QED) is 0.687. The molecule has 5 nitrogen and oxygen atoms in total. The summed E-state index contributed by atoms with van der Waals surface area (Å²) in [6.07, 6.45) is 0.276. The van der Waals surface area contributed by atoms with Gasteiger partial charge in [-0.25, -0.2) is 0 Å². The number of amides is 1. The fourth-order valence-corrected chi connectivity index (χ4v) is 4.47. The Morgan fingerprint density at radius 2 is 1.70 bits per heavy atom. The van der Waals surface area contributed by atoms with Gasteiger partial charge in [-0.1, -0.05) is 53.5 Å². The second-order valence-corrected chi connectivity index (χ2v) is 8.93. The SMILES string of the molecule is CC1c2ccccc2C(OS(C)(=O)=O)CN1C(=O)Cc1c(Cl)cccc1Cl. The number of carbonyl (C=O) groups excluding carboxylic acids is 1. The number of rotatable bonds is 4. The Bertz CT molecular complexity index is 957. The van der Waals surface area contributed by atoms with Crippen molar-refractivity contribution in [2.45, 2.75) is 25.5 Å². The first-order valence-corrected chi connectivity index (χ1v) is 10.9. The largest absolute Gasteiger partial charge is 0.333 e. The van der Waals surface area contributed by atoms with Gasteiger partial charge in [-0.05, 0) is 35.7 Å². The van der Waals surface area contributed by atoms with Gasteiger partial charge in [0.05, 0.1) is 25.3 Å². The zero-order valence-electron chi connectivity index (χ0n) is 14.9. The van der Waals surface area contributed by atoms with Crippen LogP contribution in [0, 0.1) is 0 Å². The van der Waals surface area contributed by atoms with E-state index in [0.717, 1.165) is 17.4 Å². The zero-order valence-corrected chi connectivity index (χ0v) is 17.2. The first kappa shape index (κ1) is 20.1. The van der Waals surface area contributed by atoms with Crippen LogP contribution >= 0.6 is 23.2 Å². The molecule has 0 saturated heterocycles. The lowest BCUT2D eigenvalue weighted by Gasteiger charge is -2.39. The molecule has 2 unspecified atom stereocenters. The minimum atomic E-state index is -3.69. The number of fused-ring (bicyclic) bond motifs is 1. The Morgan fingerprint density at radius 1 is 1.11 bits per heavy atom. The van der Waals surface area contributed by atoms with Gasteiger partial charge in [-0.15, -0.1) is 0 Å².